The van der Waals surface area contributed by atoms with Crippen LogP contribution >= 0.6 is 27.5 Å². The summed E-state index contributed by atoms with van der Waals surface area (Å²) in [4.78, 5) is 5.13. The van der Waals surface area contributed by atoms with Gasteiger partial charge in [-0.2, -0.15) is 0 Å². The first-order chi connectivity index (χ1) is 9.22. The largest absolute Gasteiger partial charge is 0.314 e. The molecule has 0 radical (unpaired) electrons. The minimum absolute atomic E-state index is 0.782. The molecule has 2 aliphatic heterocycles. The van der Waals surface area contributed by atoms with Crippen LogP contribution in [-0.4, -0.2) is 55.1 Å². The number of nitrogens with zero attached hydrogens (tertiary/aromatic N) is 2. The predicted octanol–water partition coefficient (Wildman–Crippen LogP) is 2.19. The lowest BCUT2D eigenvalue weighted by Gasteiger charge is -2.43. The molecule has 0 aromatic heterocycles. The molecule has 0 unspecified atom stereocenters. The Hall–Kier alpha value is -0.130. The van der Waals surface area contributed by atoms with Crippen molar-refractivity contribution in [1.29, 1.82) is 0 Å². The number of nitrogens with one attached hydrogen (secondary N) is 1. The molecule has 19 heavy (non-hydrogen) atoms. The van der Waals surface area contributed by atoms with Gasteiger partial charge in [-0.05, 0) is 33.6 Å². The number of piperazine rings is 1. The summed E-state index contributed by atoms with van der Waals surface area (Å²) in [5.74, 6) is 0. The first kappa shape index (κ1) is 13.8. The fourth-order valence-electron chi connectivity index (χ4n) is 2.71. The molecule has 3 nitrogen and oxygen atoms in total. The molecule has 2 aliphatic rings. The zero-order valence-electron chi connectivity index (χ0n) is 10.9. The lowest BCUT2D eigenvalue weighted by Crippen LogP contribution is -2.61. The molecule has 1 aromatic rings. The summed E-state index contributed by atoms with van der Waals surface area (Å²) in [6.45, 7) is 8.04. The van der Waals surface area contributed by atoms with Crippen LogP contribution in [0.1, 0.15) is 5.56 Å². The molecule has 2 saturated heterocycles. The Labute approximate surface area is 128 Å². The van der Waals surface area contributed by atoms with Crippen molar-refractivity contribution in [2.45, 2.75) is 12.6 Å². The van der Waals surface area contributed by atoms with Crippen LogP contribution in [0.25, 0.3) is 0 Å². The Morgan fingerprint density at radius 2 is 1.95 bits per heavy atom. The molecule has 0 atom stereocenters. The van der Waals surface area contributed by atoms with Gasteiger partial charge in [0.15, 0.2) is 0 Å². The van der Waals surface area contributed by atoms with Crippen LogP contribution in [0.4, 0.5) is 0 Å². The van der Waals surface area contributed by atoms with Crippen LogP contribution < -0.4 is 5.32 Å². The van der Waals surface area contributed by atoms with Crippen LogP contribution in [0, 0.1) is 0 Å². The molecule has 2 heterocycles. The minimum Gasteiger partial charge on any atom is -0.314 e. The van der Waals surface area contributed by atoms with Gasteiger partial charge in [-0.3, -0.25) is 9.80 Å². The molecule has 1 aromatic carbocycles. The SMILES string of the molecule is Clc1cc(CN2CCN(C3CNC3)CC2)ccc1Br. The molecular formula is C14H19BrClN3. The molecule has 2 fully saturated rings. The van der Waals surface area contributed by atoms with E-state index in [0.717, 1.165) is 35.2 Å². The summed E-state index contributed by atoms with van der Waals surface area (Å²) in [6, 6.07) is 7.03. The quantitative estimate of drug-likeness (QED) is 0.907. The molecule has 0 aliphatic carbocycles. The van der Waals surface area contributed by atoms with Gasteiger partial charge in [-0.25, -0.2) is 0 Å². The Bertz CT molecular complexity index is 442. The maximum absolute atomic E-state index is 6.14. The van der Waals surface area contributed by atoms with Gasteiger partial charge in [0.1, 0.15) is 0 Å². The van der Waals surface area contributed by atoms with E-state index in [0.29, 0.717) is 0 Å². The van der Waals surface area contributed by atoms with Gasteiger partial charge < -0.3 is 5.32 Å². The van der Waals surface area contributed by atoms with E-state index >= 15 is 0 Å². The van der Waals surface area contributed by atoms with Crippen molar-refractivity contribution in [2.75, 3.05) is 39.3 Å². The van der Waals surface area contributed by atoms with E-state index in [1.807, 2.05) is 6.07 Å². The van der Waals surface area contributed by atoms with Gasteiger partial charge in [0.05, 0.1) is 5.02 Å². The van der Waals surface area contributed by atoms with E-state index in [4.69, 9.17) is 11.6 Å². The van der Waals surface area contributed by atoms with Gasteiger partial charge in [-0.1, -0.05) is 17.7 Å². The monoisotopic (exact) mass is 343 g/mol. The molecule has 3 rings (SSSR count). The second-order valence-corrected chi connectivity index (χ2v) is 6.63. The van der Waals surface area contributed by atoms with Crippen molar-refractivity contribution in [3.63, 3.8) is 0 Å². The zero-order valence-corrected chi connectivity index (χ0v) is 13.3. The van der Waals surface area contributed by atoms with Crippen molar-refractivity contribution in [2.24, 2.45) is 0 Å². The Morgan fingerprint density at radius 3 is 2.53 bits per heavy atom. The number of halogens is 2. The first-order valence-electron chi connectivity index (χ1n) is 6.83. The molecule has 5 heteroatoms. The number of rotatable bonds is 3. The van der Waals surface area contributed by atoms with Crippen LogP contribution in [0.15, 0.2) is 22.7 Å². The van der Waals surface area contributed by atoms with Crippen molar-refractivity contribution >= 4 is 27.5 Å². The summed E-state index contributed by atoms with van der Waals surface area (Å²) < 4.78 is 0.972. The van der Waals surface area contributed by atoms with E-state index in [1.54, 1.807) is 0 Å². The summed E-state index contributed by atoms with van der Waals surface area (Å²) in [7, 11) is 0. The highest BCUT2D eigenvalue weighted by Crippen LogP contribution is 2.24. The lowest BCUT2D eigenvalue weighted by molar-refractivity contribution is 0.0695. The van der Waals surface area contributed by atoms with Gasteiger partial charge in [0.25, 0.3) is 0 Å². The van der Waals surface area contributed by atoms with Crippen molar-refractivity contribution < 1.29 is 0 Å². The standard InChI is InChI=1S/C14H19BrClN3/c15-13-2-1-11(7-14(13)16)10-18-3-5-19(6-4-18)12-8-17-9-12/h1-2,7,12,17H,3-6,8-10H2. The minimum atomic E-state index is 0.782. The summed E-state index contributed by atoms with van der Waals surface area (Å²) in [5, 5.41) is 4.15. The Kier molecular flexibility index (Phi) is 4.44. The van der Waals surface area contributed by atoms with E-state index in [1.165, 1.54) is 31.7 Å². The van der Waals surface area contributed by atoms with Gasteiger partial charge in [-0.15, -0.1) is 0 Å². The van der Waals surface area contributed by atoms with Crippen molar-refractivity contribution in [3.8, 4) is 0 Å². The highest BCUT2D eigenvalue weighted by atomic mass is 79.9. The highest BCUT2D eigenvalue weighted by molar-refractivity contribution is 9.10. The Balaban J connectivity index is 1.52. The van der Waals surface area contributed by atoms with Gasteiger partial charge in [0, 0.05) is 56.3 Å². The lowest BCUT2D eigenvalue weighted by atomic mass is 10.1. The van der Waals surface area contributed by atoms with Crippen molar-refractivity contribution in [3.05, 3.63) is 33.3 Å². The van der Waals surface area contributed by atoms with Crippen LogP contribution in [0.3, 0.4) is 0 Å². The summed E-state index contributed by atoms with van der Waals surface area (Å²) in [5.41, 5.74) is 1.30. The van der Waals surface area contributed by atoms with Crippen LogP contribution in [0.5, 0.6) is 0 Å². The molecule has 1 N–H and O–H groups in total. The van der Waals surface area contributed by atoms with E-state index < -0.39 is 0 Å². The summed E-state index contributed by atoms with van der Waals surface area (Å²) >= 11 is 9.58. The first-order valence-corrected chi connectivity index (χ1v) is 8.00. The number of hydrogen-bond donors (Lipinski definition) is 1. The molecule has 0 amide bonds. The fraction of sp³-hybridized carbons (Fsp3) is 0.571. The Morgan fingerprint density at radius 1 is 1.21 bits per heavy atom. The second-order valence-electron chi connectivity index (χ2n) is 5.37. The smallest absolute Gasteiger partial charge is 0.0551 e. The number of hydrogen-bond acceptors (Lipinski definition) is 3. The maximum atomic E-state index is 6.14. The van der Waals surface area contributed by atoms with Crippen molar-refractivity contribution in [1.82, 2.24) is 15.1 Å². The second kappa shape index (κ2) is 6.10. The average Bonchev–Trinajstić information content (AvgIpc) is 2.34. The molecule has 104 valence electrons. The van der Waals surface area contributed by atoms with Gasteiger partial charge >= 0.3 is 0 Å². The fourth-order valence-corrected chi connectivity index (χ4v) is 3.16. The average molecular weight is 345 g/mol. The topological polar surface area (TPSA) is 18.5 Å². The highest BCUT2D eigenvalue weighted by Gasteiger charge is 2.27. The normalized spacial score (nSPS) is 22.4. The third-order valence-corrected chi connectivity index (χ3v) is 5.31. The van der Waals surface area contributed by atoms with E-state index in [2.05, 4.69) is 43.2 Å². The third-order valence-electron chi connectivity index (χ3n) is 4.07. The molecule has 0 saturated carbocycles. The zero-order chi connectivity index (χ0) is 13.2. The van der Waals surface area contributed by atoms with Gasteiger partial charge in [0.2, 0.25) is 0 Å². The predicted molar refractivity (Wildman–Crippen MR) is 82.7 cm³/mol. The van der Waals surface area contributed by atoms with Crippen LogP contribution in [0.2, 0.25) is 5.02 Å². The third kappa shape index (κ3) is 3.31. The maximum Gasteiger partial charge on any atom is 0.0551 e. The molecular weight excluding hydrogens is 326 g/mol. The van der Waals surface area contributed by atoms with Crippen LogP contribution in [-0.2, 0) is 6.54 Å². The summed E-state index contributed by atoms with van der Waals surface area (Å²) in [6.07, 6.45) is 0. The molecule has 0 bridgehead atoms. The number of benzene rings is 1. The van der Waals surface area contributed by atoms with E-state index in [-0.39, 0.29) is 0 Å². The van der Waals surface area contributed by atoms with E-state index in [9.17, 15) is 0 Å². The molecule has 0 spiro atoms.